The van der Waals surface area contributed by atoms with Gasteiger partial charge in [0.25, 0.3) is 5.91 Å². The van der Waals surface area contributed by atoms with Crippen molar-refractivity contribution in [1.29, 1.82) is 0 Å². The third-order valence-corrected chi connectivity index (χ3v) is 5.51. The number of carbonyl (C=O) groups is 3. The Bertz CT molecular complexity index is 982. The van der Waals surface area contributed by atoms with Gasteiger partial charge in [0.2, 0.25) is 6.10 Å². The molecule has 0 radical (unpaired) electrons. The van der Waals surface area contributed by atoms with E-state index >= 15 is 0 Å². The lowest BCUT2D eigenvalue weighted by Gasteiger charge is -2.34. The highest BCUT2D eigenvalue weighted by atomic mass is 16.6. The number of rotatable bonds is 4. The zero-order valence-corrected chi connectivity index (χ0v) is 15.4. The fourth-order valence-electron chi connectivity index (χ4n) is 4.06. The molecular formula is C22H21NO5. The maximum atomic E-state index is 12.9. The minimum absolute atomic E-state index is 0.391. The third-order valence-electron chi connectivity index (χ3n) is 5.51. The summed E-state index contributed by atoms with van der Waals surface area (Å²) in [7, 11) is 0. The molecule has 4 rings (SSSR count). The van der Waals surface area contributed by atoms with Gasteiger partial charge < -0.3 is 15.2 Å². The molecule has 28 heavy (non-hydrogen) atoms. The van der Waals surface area contributed by atoms with Crippen molar-refractivity contribution in [3.63, 3.8) is 0 Å². The predicted molar refractivity (Wildman–Crippen MR) is 103 cm³/mol. The topological polar surface area (TPSA) is 95.7 Å². The van der Waals surface area contributed by atoms with Crippen LogP contribution in [-0.4, -0.2) is 29.6 Å². The Labute approximate surface area is 162 Å². The van der Waals surface area contributed by atoms with E-state index in [-0.39, 0.29) is 0 Å². The molecular weight excluding hydrogens is 358 g/mol. The quantitative estimate of drug-likeness (QED) is 0.824. The Kier molecular flexibility index (Phi) is 4.63. The number of primary amides is 1. The highest BCUT2D eigenvalue weighted by Gasteiger charge is 2.45. The van der Waals surface area contributed by atoms with Crippen LogP contribution in [0.4, 0.5) is 0 Å². The zero-order valence-electron chi connectivity index (χ0n) is 15.4. The van der Waals surface area contributed by atoms with Crippen LogP contribution in [0, 0.1) is 0 Å². The molecule has 0 aromatic heterocycles. The summed E-state index contributed by atoms with van der Waals surface area (Å²) in [6.45, 7) is 0. The molecule has 1 fully saturated rings. The van der Waals surface area contributed by atoms with Gasteiger partial charge in [0.05, 0.1) is 0 Å². The van der Waals surface area contributed by atoms with Crippen molar-refractivity contribution < 1.29 is 23.9 Å². The Balaban J connectivity index is 1.67. The van der Waals surface area contributed by atoms with Gasteiger partial charge in [-0.25, -0.2) is 9.59 Å². The second-order valence-electron chi connectivity index (χ2n) is 7.28. The lowest BCUT2D eigenvalue weighted by molar-refractivity contribution is -0.179. The van der Waals surface area contributed by atoms with E-state index in [1.165, 1.54) is 6.08 Å². The summed E-state index contributed by atoms with van der Waals surface area (Å²) in [4.78, 5) is 37.0. The SMILES string of the molecule is NC(=O)C1(OC(=O)C2OC(=O)C=C2c2cccc3ccccc23)CCCCC1. The van der Waals surface area contributed by atoms with Crippen LogP contribution in [0.15, 0.2) is 48.5 Å². The molecule has 1 heterocycles. The Hall–Kier alpha value is -3.15. The van der Waals surface area contributed by atoms with E-state index in [2.05, 4.69) is 0 Å². The summed E-state index contributed by atoms with van der Waals surface area (Å²) in [6.07, 6.45) is 3.36. The van der Waals surface area contributed by atoms with Crippen molar-refractivity contribution >= 4 is 34.2 Å². The lowest BCUT2D eigenvalue weighted by atomic mass is 9.84. The highest BCUT2D eigenvalue weighted by Crippen LogP contribution is 2.36. The molecule has 0 bridgehead atoms. The van der Waals surface area contributed by atoms with Crippen molar-refractivity contribution in [1.82, 2.24) is 0 Å². The van der Waals surface area contributed by atoms with Crippen molar-refractivity contribution in [2.45, 2.75) is 43.8 Å². The third kappa shape index (κ3) is 3.15. The molecule has 1 aliphatic carbocycles. The Morgan fingerprint density at radius 3 is 2.50 bits per heavy atom. The van der Waals surface area contributed by atoms with Crippen molar-refractivity contribution in [2.75, 3.05) is 0 Å². The molecule has 1 aliphatic heterocycles. The molecule has 6 nitrogen and oxygen atoms in total. The van der Waals surface area contributed by atoms with Crippen molar-refractivity contribution in [3.8, 4) is 0 Å². The number of amides is 1. The Morgan fingerprint density at radius 1 is 1.04 bits per heavy atom. The minimum atomic E-state index is -1.33. The van der Waals surface area contributed by atoms with Crippen LogP contribution in [0.3, 0.4) is 0 Å². The van der Waals surface area contributed by atoms with E-state index in [1.807, 2.05) is 42.5 Å². The zero-order chi connectivity index (χ0) is 19.7. The standard InChI is InChI=1S/C22H21NO5/c23-21(26)22(11-4-1-5-12-22)28-20(25)19-17(13-18(24)27-19)16-10-6-8-14-7-2-3-9-15(14)16/h2-3,6-10,13,19H,1,4-5,11-12H2,(H2,23,26). The smallest absolute Gasteiger partial charge is 0.353 e. The first kappa shape index (κ1) is 18.2. The average Bonchev–Trinajstić information content (AvgIpc) is 3.10. The molecule has 144 valence electrons. The predicted octanol–water partition coefficient (Wildman–Crippen LogP) is 2.88. The highest BCUT2D eigenvalue weighted by molar-refractivity contribution is 6.09. The summed E-state index contributed by atoms with van der Waals surface area (Å²) < 4.78 is 10.9. The Morgan fingerprint density at radius 2 is 1.75 bits per heavy atom. The summed E-state index contributed by atoms with van der Waals surface area (Å²) in [5, 5.41) is 1.88. The maximum absolute atomic E-state index is 12.9. The normalized spacial score (nSPS) is 21.1. The number of cyclic esters (lactones) is 1. The fraction of sp³-hybridized carbons (Fsp3) is 0.318. The first-order valence-corrected chi connectivity index (χ1v) is 9.43. The second-order valence-corrected chi connectivity index (χ2v) is 7.28. The molecule has 1 saturated carbocycles. The summed E-state index contributed by atoms with van der Waals surface area (Å²) >= 11 is 0. The second kappa shape index (κ2) is 7.11. The van der Waals surface area contributed by atoms with E-state index < -0.39 is 29.6 Å². The van der Waals surface area contributed by atoms with Crippen molar-refractivity contribution in [2.24, 2.45) is 5.73 Å². The van der Waals surface area contributed by atoms with Gasteiger partial charge in [-0.1, -0.05) is 48.9 Å². The number of benzene rings is 2. The number of fused-ring (bicyclic) bond motifs is 1. The monoisotopic (exact) mass is 379 g/mol. The van der Waals surface area contributed by atoms with Gasteiger partial charge in [-0.15, -0.1) is 0 Å². The first-order chi connectivity index (χ1) is 13.5. The van der Waals surface area contributed by atoms with E-state index in [1.54, 1.807) is 0 Å². The van der Waals surface area contributed by atoms with Gasteiger partial charge in [-0.2, -0.15) is 0 Å². The number of carbonyl (C=O) groups excluding carboxylic acids is 3. The van der Waals surface area contributed by atoms with E-state index in [9.17, 15) is 14.4 Å². The molecule has 0 spiro atoms. The van der Waals surface area contributed by atoms with E-state index in [4.69, 9.17) is 15.2 Å². The van der Waals surface area contributed by atoms with Crippen LogP contribution in [-0.2, 0) is 23.9 Å². The fourth-order valence-corrected chi connectivity index (χ4v) is 4.06. The molecule has 6 heteroatoms. The molecule has 2 aromatic rings. The van der Waals surface area contributed by atoms with E-state index in [0.717, 1.165) is 35.6 Å². The van der Waals surface area contributed by atoms with Crippen LogP contribution in [0.25, 0.3) is 16.3 Å². The van der Waals surface area contributed by atoms with Crippen LogP contribution in [0.1, 0.15) is 37.7 Å². The average molecular weight is 379 g/mol. The molecule has 0 saturated heterocycles. The first-order valence-electron chi connectivity index (χ1n) is 9.43. The number of ether oxygens (including phenoxy) is 2. The molecule has 1 amide bonds. The van der Waals surface area contributed by atoms with Crippen molar-refractivity contribution in [3.05, 3.63) is 54.1 Å². The molecule has 1 unspecified atom stereocenters. The summed E-state index contributed by atoms with van der Waals surface area (Å²) in [5.74, 6) is -2.02. The van der Waals surface area contributed by atoms with Gasteiger partial charge in [0.15, 0.2) is 5.60 Å². The van der Waals surface area contributed by atoms with Gasteiger partial charge >= 0.3 is 11.9 Å². The molecule has 1 atom stereocenters. The van der Waals surface area contributed by atoms with Crippen LogP contribution >= 0.6 is 0 Å². The number of hydrogen-bond acceptors (Lipinski definition) is 5. The summed E-state index contributed by atoms with van der Waals surface area (Å²) in [6, 6.07) is 13.3. The molecule has 2 aliphatic rings. The molecule has 2 N–H and O–H groups in total. The number of nitrogens with two attached hydrogens (primary N) is 1. The largest absolute Gasteiger partial charge is 0.446 e. The van der Waals surface area contributed by atoms with Gasteiger partial charge in [-0.05, 0) is 42.0 Å². The van der Waals surface area contributed by atoms with Crippen LogP contribution in [0.5, 0.6) is 0 Å². The minimum Gasteiger partial charge on any atom is -0.446 e. The maximum Gasteiger partial charge on any atom is 0.353 e. The van der Waals surface area contributed by atoms with Gasteiger partial charge in [-0.3, -0.25) is 4.79 Å². The van der Waals surface area contributed by atoms with E-state index in [0.29, 0.717) is 18.4 Å². The number of esters is 2. The van der Waals surface area contributed by atoms with Crippen LogP contribution < -0.4 is 5.73 Å². The lowest BCUT2D eigenvalue weighted by Crippen LogP contribution is -2.50. The van der Waals surface area contributed by atoms with Gasteiger partial charge in [0.1, 0.15) is 0 Å². The van der Waals surface area contributed by atoms with Crippen LogP contribution in [0.2, 0.25) is 0 Å². The summed E-state index contributed by atoms with van der Waals surface area (Å²) in [5.41, 5.74) is 5.39. The molecule has 2 aromatic carbocycles. The van der Waals surface area contributed by atoms with Gasteiger partial charge in [0, 0.05) is 11.6 Å². The number of hydrogen-bond donors (Lipinski definition) is 1.